The van der Waals surface area contributed by atoms with Crippen LogP contribution in [0.3, 0.4) is 0 Å². The van der Waals surface area contributed by atoms with Gasteiger partial charge in [0, 0.05) is 6.21 Å². The Bertz CT molecular complexity index is 456. The largest absolute Gasteiger partial charge is 0.491 e. The molecule has 0 radical (unpaired) electrons. The van der Waals surface area contributed by atoms with Gasteiger partial charge in [0.2, 0.25) is 0 Å². The highest BCUT2D eigenvalue weighted by molar-refractivity contribution is 5.86. The highest BCUT2D eigenvalue weighted by Crippen LogP contribution is 2.29. The molecule has 90 valence electrons. The van der Waals surface area contributed by atoms with E-state index in [0.717, 1.165) is 12.0 Å². The van der Waals surface area contributed by atoms with Crippen LogP contribution < -0.4 is 4.74 Å². The molecule has 0 aliphatic carbocycles. The molecule has 1 aliphatic heterocycles. The van der Waals surface area contributed by atoms with Crippen molar-refractivity contribution >= 4 is 12.6 Å². The molecule has 0 amide bonds. The predicted molar refractivity (Wildman–Crippen MR) is 66.5 cm³/mol. The molecule has 1 atom stereocenters. The quantitative estimate of drug-likeness (QED) is 0.788. The van der Waals surface area contributed by atoms with Crippen molar-refractivity contribution in [2.75, 3.05) is 6.61 Å². The van der Waals surface area contributed by atoms with Gasteiger partial charge in [-0.1, -0.05) is 13.0 Å². The van der Waals surface area contributed by atoms with E-state index in [4.69, 9.17) is 4.74 Å². The SMILES string of the molecule is CCCOc1ccc(C2(C)C=NC=N2)cc1F. The summed E-state index contributed by atoms with van der Waals surface area (Å²) in [5, 5.41) is 0. The molecule has 0 bridgehead atoms. The highest BCUT2D eigenvalue weighted by Gasteiger charge is 2.26. The van der Waals surface area contributed by atoms with Gasteiger partial charge in [-0.15, -0.1) is 0 Å². The summed E-state index contributed by atoms with van der Waals surface area (Å²) in [6.45, 7) is 4.39. The summed E-state index contributed by atoms with van der Waals surface area (Å²) in [5.41, 5.74) is 0.223. The van der Waals surface area contributed by atoms with Gasteiger partial charge in [0.05, 0.1) is 6.61 Å². The third kappa shape index (κ3) is 2.35. The smallest absolute Gasteiger partial charge is 0.165 e. The van der Waals surface area contributed by atoms with Crippen LogP contribution in [0.1, 0.15) is 25.8 Å². The van der Waals surface area contributed by atoms with Gasteiger partial charge in [-0.3, -0.25) is 4.99 Å². The van der Waals surface area contributed by atoms with Crippen LogP contribution in [-0.4, -0.2) is 19.2 Å². The van der Waals surface area contributed by atoms with Crippen molar-refractivity contribution in [1.82, 2.24) is 0 Å². The number of ether oxygens (including phenoxy) is 1. The summed E-state index contributed by atoms with van der Waals surface area (Å²) in [6.07, 6.45) is 4.05. The zero-order valence-electron chi connectivity index (χ0n) is 9.98. The minimum atomic E-state index is -0.551. The first-order valence-corrected chi connectivity index (χ1v) is 5.66. The molecular weight excluding hydrogens is 219 g/mol. The number of nitrogens with zero attached hydrogens (tertiary/aromatic N) is 2. The van der Waals surface area contributed by atoms with Crippen LogP contribution in [0.25, 0.3) is 0 Å². The maximum absolute atomic E-state index is 13.8. The Kier molecular flexibility index (Phi) is 3.22. The first kappa shape index (κ1) is 11.8. The van der Waals surface area contributed by atoms with Crippen molar-refractivity contribution in [1.29, 1.82) is 0 Å². The van der Waals surface area contributed by atoms with E-state index in [1.807, 2.05) is 19.9 Å². The van der Waals surface area contributed by atoms with E-state index in [1.54, 1.807) is 12.3 Å². The Morgan fingerprint density at radius 3 is 2.82 bits per heavy atom. The first-order valence-electron chi connectivity index (χ1n) is 5.66. The zero-order chi connectivity index (χ0) is 12.3. The molecule has 1 aliphatic rings. The van der Waals surface area contributed by atoms with Gasteiger partial charge in [-0.25, -0.2) is 9.38 Å². The van der Waals surface area contributed by atoms with Crippen molar-refractivity contribution in [3.8, 4) is 5.75 Å². The zero-order valence-corrected chi connectivity index (χ0v) is 9.98. The lowest BCUT2D eigenvalue weighted by molar-refractivity contribution is 0.301. The molecule has 4 heteroatoms. The summed E-state index contributed by atoms with van der Waals surface area (Å²) in [6, 6.07) is 4.93. The van der Waals surface area contributed by atoms with Crippen LogP contribution in [0.4, 0.5) is 4.39 Å². The Labute approximate surface area is 100 Å². The third-order valence-corrected chi connectivity index (χ3v) is 2.70. The summed E-state index contributed by atoms with van der Waals surface area (Å²) < 4.78 is 19.1. The molecular formula is C13H15FN2O. The van der Waals surface area contributed by atoms with E-state index >= 15 is 0 Å². The molecule has 1 heterocycles. The number of halogens is 1. The summed E-state index contributed by atoms with van der Waals surface area (Å²) in [7, 11) is 0. The minimum absolute atomic E-state index is 0.290. The topological polar surface area (TPSA) is 34.0 Å². The lowest BCUT2D eigenvalue weighted by atomic mass is 9.94. The maximum atomic E-state index is 13.8. The maximum Gasteiger partial charge on any atom is 0.165 e. The molecule has 17 heavy (non-hydrogen) atoms. The van der Waals surface area contributed by atoms with Crippen LogP contribution >= 0.6 is 0 Å². The third-order valence-electron chi connectivity index (χ3n) is 2.70. The fourth-order valence-electron chi connectivity index (χ4n) is 1.66. The van der Waals surface area contributed by atoms with E-state index in [2.05, 4.69) is 9.98 Å². The highest BCUT2D eigenvalue weighted by atomic mass is 19.1. The summed E-state index contributed by atoms with van der Waals surface area (Å²) in [4.78, 5) is 8.16. The second-order valence-electron chi connectivity index (χ2n) is 4.16. The summed E-state index contributed by atoms with van der Waals surface area (Å²) >= 11 is 0. The molecule has 0 aromatic heterocycles. The van der Waals surface area contributed by atoms with Crippen molar-refractivity contribution in [3.63, 3.8) is 0 Å². The first-order chi connectivity index (χ1) is 8.15. The molecule has 0 fully saturated rings. The average molecular weight is 234 g/mol. The fourth-order valence-corrected chi connectivity index (χ4v) is 1.66. The standard InChI is InChI=1S/C13H15FN2O/c1-3-6-17-12-5-4-10(7-11(12)14)13(2)8-15-9-16-13/h4-5,7-9H,3,6H2,1-2H3. The molecule has 0 N–H and O–H groups in total. The monoisotopic (exact) mass is 234 g/mol. The Balaban J connectivity index is 2.25. The van der Waals surface area contributed by atoms with Crippen LogP contribution in [0.2, 0.25) is 0 Å². The van der Waals surface area contributed by atoms with Crippen LogP contribution in [0.5, 0.6) is 5.75 Å². The van der Waals surface area contributed by atoms with Crippen molar-refractivity contribution < 1.29 is 9.13 Å². The lowest BCUT2D eigenvalue weighted by Gasteiger charge is -2.18. The van der Waals surface area contributed by atoms with Gasteiger partial charge in [0.15, 0.2) is 11.6 Å². The molecule has 0 spiro atoms. The normalized spacial score (nSPS) is 22.1. The number of hydrogen-bond donors (Lipinski definition) is 0. The molecule has 0 saturated carbocycles. The van der Waals surface area contributed by atoms with Crippen LogP contribution in [0, 0.1) is 5.82 Å². The minimum Gasteiger partial charge on any atom is -0.491 e. The molecule has 1 unspecified atom stereocenters. The lowest BCUT2D eigenvalue weighted by Crippen LogP contribution is -2.18. The summed E-state index contributed by atoms with van der Waals surface area (Å²) in [5.74, 6) is -0.0641. The Morgan fingerprint density at radius 2 is 2.24 bits per heavy atom. The number of benzene rings is 1. The molecule has 0 saturated heterocycles. The Morgan fingerprint density at radius 1 is 1.41 bits per heavy atom. The van der Waals surface area contributed by atoms with Crippen molar-refractivity contribution in [2.24, 2.45) is 9.98 Å². The van der Waals surface area contributed by atoms with E-state index < -0.39 is 5.54 Å². The van der Waals surface area contributed by atoms with E-state index in [-0.39, 0.29) is 11.6 Å². The second-order valence-corrected chi connectivity index (χ2v) is 4.16. The number of aliphatic imine (C=N–C) groups is 2. The van der Waals surface area contributed by atoms with Crippen LogP contribution in [-0.2, 0) is 5.54 Å². The molecule has 1 aromatic rings. The van der Waals surface area contributed by atoms with Gasteiger partial charge < -0.3 is 4.74 Å². The number of hydrogen-bond acceptors (Lipinski definition) is 3. The van der Waals surface area contributed by atoms with Gasteiger partial charge >= 0.3 is 0 Å². The molecule has 3 nitrogen and oxygen atoms in total. The van der Waals surface area contributed by atoms with Gasteiger partial charge in [0.25, 0.3) is 0 Å². The van der Waals surface area contributed by atoms with Gasteiger partial charge in [0.1, 0.15) is 11.9 Å². The van der Waals surface area contributed by atoms with E-state index in [9.17, 15) is 4.39 Å². The molecule has 1 aromatic carbocycles. The fraction of sp³-hybridized carbons (Fsp3) is 0.385. The predicted octanol–water partition coefficient (Wildman–Crippen LogP) is 2.94. The van der Waals surface area contributed by atoms with Gasteiger partial charge in [-0.2, -0.15) is 0 Å². The average Bonchev–Trinajstić information content (AvgIpc) is 2.76. The van der Waals surface area contributed by atoms with Crippen molar-refractivity contribution in [2.45, 2.75) is 25.8 Å². The van der Waals surface area contributed by atoms with E-state index in [0.29, 0.717) is 6.61 Å². The van der Waals surface area contributed by atoms with Crippen LogP contribution in [0.15, 0.2) is 28.2 Å². The van der Waals surface area contributed by atoms with Gasteiger partial charge in [-0.05, 0) is 31.0 Å². The Hall–Kier alpha value is -1.71. The molecule has 2 rings (SSSR count). The second kappa shape index (κ2) is 4.65. The number of rotatable bonds is 4. The van der Waals surface area contributed by atoms with E-state index in [1.165, 1.54) is 12.4 Å². The van der Waals surface area contributed by atoms with Crippen molar-refractivity contribution in [3.05, 3.63) is 29.6 Å².